The quantitative estimate of drug-likeness (QED) is 0.0261. The van der Waals surface area contributed by atoms with Gasteiger partial charge in [0.05, 0.1) is 12.4 Å². The van der Waals surface area contributed by atoms with Gasteiger partial charge in [0.25, 0.3) is 0 Å². The fraction of sp³-hybridized carbons (Fsp3) is 0.806. The summed E-state index contributed by atoms with van der Waals surface area (Å²) >= 11 is 0. The Kier molecular flexibility index (Phi) is 45.7. The molecular weight excluding hydrogens is 775 g/mol. The second-order valence-electron chi connectivity index (χ2n) is 20.4. The Bertz CT molecular complexity index is 1160. The van der Waals surface area contributed by atoms with Crippen LogP contribution in [0.25, 0.3) is 0 Å². The smallest absolute Gasteiger partial charge is 0.0888 e. The van der Waals surface area contributed by atoms with Crippen LogP contribution in [0.3, 0.4) is 0 Å². The van der Waals surface area contributed by atoms with Gasteiger partial charge in [0.15, 0.2) is 0 Å². The molecule has 2 atom stereocenters. The highest BCUT2D eigenvalue weighted by atomic mass is 16.5. The molecule has 0 aliphatic rings. The second kappa shape index (κ2) is 47.3. The molecular formula is C62H111NO. The van der Waals surface area contributed by atoms with Crippen molar-refractivity contribution in [1.29, 1.82) is 0 Å². The number of ether oxygens (including phenoxy) is 1. The number of unbranched alkanes of at least 4 members (excludes halogenated alkanes) is 26. The van der Waals surface area contributed by atoms with Crippen LogP contribution in [0.2, 0.25) is 0 Å². The molecule has 2 unspecified atom stereocenters. The first-order valence-electron chi connectivity index (χ1n) is 28.2. The van der Waals surface area contributed by atoms with E-state index in [1.165, 1.54) is 238 Å². The zero-order valence-electron chi connectivity index (χ0n) is 44.0. The highest BCUT2D eigenvalue weighted by molar-refractivity contribution is 5.21. The van der Waals surface area contributed by atoms with E-state index in [4.69, 9.17) is 24.2 Å². The summed E-state index contributed by atoms with van der Waals surface area (Å²) in [5.41, 5.74) is 3.49. The van der Waals surface area contributed by atoms with E-state index in [1.54, 1.807) is 5.57 Å². The summed E-state index contributed by atoms with van der Waals surface area (Å²) in [7, 11) is 0. The standard InChI is InChI=1S/C62H111NO/c1-11-16-19-22-25-26-27-33-44-53-64-59(9)47-38-35-43-52-63(51-42-32-28-29-36-45-56(6)14-4)55-58(8)54-62(50-41-34-37-46-57(7)15-5)60(10)61(48-39-30-23-20-17-12-2)49-40-31-24-21-18-13-3/h4-5,58,61-62H,6-7,9-13,16-55H2,1-3,8H3. The molecule has 0 aromatic heterocycles. The van der Waals surface area contributed by atoms with Crippen LogP contribution < -0.4 is 0 Å². The van der Waals surface area contributed by atoms with E-state index < -0.39 is 0 Å². The number of allylic oxidation sites excluding steroid dienone is 4. The zero-order chi connectivity index (χ0) is 47.1. The minimum Gasteiger partial charge on any atom is -0.499 e. The van der Waals surface area contributed by atoms with Crippen molar-refractivity contribution in [3.05, 3.63) is 48.8 Å². The molecule has 0 fully saturated rings. The van der Waals surface area contributed by atoms with Gasteiger partial charge >= 0.3 is 0 Å². The lowest BCUT2D eigenvalue weighted by molar-refractivity contribution is 0.192. The van der Waals surface area contributed by atoms with Crippen LogP contribution in [0.1, 0.15) is 278 Å². The maximum absolute atomic E-state index is 6.07. The minimum absolute atomic E-state index is 0.609. The molecule has 0 rings (SSSR count). The monoisotopic (exact) mass is 886 g/mol. The Labute approximate surface area is 403 Å². The predicted octanol–water partition coefficient (Wildman–Crippen LogP) is 19.9. The van der Waals surface area contributed by atoms with Crippen LogP contribution >= 0.6 is 0 Å². The Morgan fingerprint density at radius 3 is 1.28 bits per heavy atom. The van der Waals surface area contributed by atoms with E-state index in [0.29, 0.717) is 17.8 Å². The minimum atomic E-state index is 0.609. The van der Waals surface area contributed by atoms with Crippen LogP contribution in [0, 0.1) is 42.4 Å². The van der Waals surface area contributed by atoms with Gasteiger partial charge in [-0.05, 0) is 119 Å². The molecule has 0 N–H and O–H groups in total. The fourth-order valence-electron chi connectivity index (χ4n) is 9.73. The number of terminal acetylenes is 2. The molecule has 0 bridgehead atoms. The summed E-state index contributed by atoms with van der Waals surface area (Å²) in [6.07, 6.45) is 61.6. The summed E-state index contributed by atoms with van der Waals surface area (Å²) in [4.78, 5) is 2.83. The van der Waals surface area contributed by atoms with Crippen molar-refractivity contribution in [2.75, 3.05) is 26.2 Å². The van der Waals surface area contributed by atoms with Gasteiger partial charge in [0, 0.05) is 13.0 Å². The molecule has 0 heterocycles. The maximum Gasteiger partial charge on any atom is 0.0888 e. The summed E-state index contributed by atoms with van der Waals surface area (Å²) in [5, 5.41) is 0. The van der Waals surface area contributed by atoms with Crippen LogP contribution in [0.5, 0.6) is 0 Å². The molecule has 370 valence electrons. The van der Waals surface area contributed by atoms with Crippen molar-refractivity contribution in [2.24, 2.45) is 17.8 Å². The third-order valence-electron chi connectivity index (χ3n) is 14.0. The summed E-state index contributed by atoms with van der Waals surface area (Å²) in [6.45, 7) is 31.3. The number of nitrogens with zero attached hydrogens (tertiary/aromatic N) is 1. The van der Waals surface area contributed by atoms with Crippen molar-refractivity contribution in [2.45, 2.75) is 278 Å². The second-order valence-corrected chi connectivity index (χ2v) is 20.4. The van der Waals surface area contributed by atoms with Crippen molar-refractivity contribution in [1.82, 2.24) is 4.90 Å². The van der Waals surface area contributed by atoms with Gasteiger partial charge in [-0.3, -0.25) is 0 Å². The molecule has 2 heteroatoms. The Morgan fingerprint density at radius 2 is 0.812 bits per heavy atom. The van der Waals surface area contributed by atoms with Crippen LogP contribution in [-0.2, 0) is 4.74 Å². The van der Waals surface area contributed by atoms with Crippen LogP contribution in [-0.4, -0.2) is 31.1 Å². The predicted molar refractivity (Wildman–Crippen MR) is 290 cm³/mol. The van der Waals surface area contributed by atoms with Gasteiger partial charge in [-0.15, -0.1) is 12.8 Å². The molecule has 0 spiro atoms. The largest absolute Gasteiger partial charge is 0.499 e. The molecule has 0 aliphatic heterocycles. The van der Waals surface area contributed by atoms with E-state index in [-0.39, 0.29) is 0 Å². The van der Waals surface area contributed by atoms with Gasteiger partial charge in [0.2, 0.25) is 0 Å². The first-order chi connectivity index (χ1) is 31.2. The van der Waals surface area contributed by atoms with Crippen LogP contribution in [0.4, 0.5) is 0 Å². The van der Waals surface area contributed by atoms with E-state index >= 15 is 0 Å². The lowest BCUT2D eigenvalue weighted by Gasteiger charge is -2.32. The molecule has 0 saturated heterocycles. The maximum atomic E-state index is 6.07. The number of hydrogen-bond acceptors (Lipinski definition) is 2. The normalized spacial score (nSPS) is 12.3. The molecule has 0 amide bonds. The Balaban J connectivity index is 5.50. The third kappa shape index (κ3) is 40.1. The van der Waals surface area contributed by atoms with Gasteiger partial charge in [-0.1, -0.05) is 238 Å². The summed E-state index contributed by atoms with van der Waals surface area (Å²) in [5.74, 6) is 8.40. The number of rotatable bonds is 51. The summed E-state index contributed by atoms with van der Waals surface area (Å²) in [6, 6.07) is 0. The Hall–Kier alpha value is -2.16. The average Bonchev–Trinajstić information content (AvgIpc) is 3.29. The van der Waals surface area contributed by atoms with E-state index in [9.17, 15) is 0 Å². The zero-order valence-corrected chi connectivity index (χ0v) is 44.0. The van der Waals surface area contributed by atoms with E-state index in [2.05, 4.69) is 64.2 Å². The topological polar surface area (TPSA) is 12.5 Å². The molecule has 0 aliphatic carbocycles. The van der Waals surface area contributed by atoms with Crippen molar-refractivity contribution < 1.29 is 4.74 Å². The lowest BCUT2D eigenvalue weighted by atomic mass is 9.77. The molecule has 0 aromatic rings. The highest BCUT2D eigenvalue weighted by Gasteiger charge is 2.24. The van der Waals surface area contributed by atoms with Crippen LogP contribution in [0.15, 0.2) is 48.8 Å². The van der Waals surface area contributed by atoms with Gasteiger partial charge in [0.1, 0.15) is 0 Å². The highest BCUT2D eigenvalue weighted by Crippen LogP contribution is 2.36. The van der Waals surface area contributed by atoms with Crippen molar-refractivity contribution >= 4 is 0 Å². The van der Waals surface area contributed by atoms with Crippen molar-refractivity contribution in [3.8, 4) is 24.7 Å². The van der Waals surface area contributed by atoms with Gasteiger partial charge in [-0.25, -0.2) is 0 Å². The first-order valence-corrected chi connectivity index (χ1v) is 28.2. The average molecular weight is 887 g/mol. The molecule has 0 radical (unpaired) electrons. The van der Waals surface area contributed by atoms with Gasteiger partial charge in [-0.2, -0.15) is 0 Å². The lowest BCUT2D eigenvalue weighted by Crippen LogP contribution is -2.32. The molecule has 0 aromatic carbocycles. The van der Waals surface area contributed by atoms with E-state index in [0.717, 1.165) is 55.6 Å². The van der Waals surface area contributed by atoms with Crippen molar-refractivity contribution in [3.63, 3.8) is 0 Å². The number of hydrogen-bond donors (Lipinski definition) is 0. The Morgan fingerprint density at radius 1 is 0.453 bits per heavy atom. The van der Waals surface area contributed by atoms with Gasteiger partial charge < -0.3 is 9.64 Å². The molecule has 0 saturated carbocycles. The molecule has 2 nitrogen and oxygen atoms in total. The SMILES string of the molecule is C#CC(=C)CCCCCCCN(CCCCCC(=C)OCCCCCCCCCCC)CC(C)CC(CCCCCC(=C)C#C)C(=C)C(CCCCCCCC)CCCCCCCC. The first kappa shape index (κ1) is 61.8. The third-order valence-corrected chi connectivity index (χ3v) is 14.0. The van der Waals surface area contributed by atoms with E-state index in [1.807, 2.05) is 0 Å². The fourth-order valence-corrected chi connectivity index (χ4v) is 9.73. The summed E-state index contributed by atoms with van der Waals surface area (Å²) < 4.78 is 6.07. The molecule has 64 heavy (non-hydrogen) atoms.